The van der Waals surface area contributed by atoms with Gasteiger partial charge in [-0.2, -0.15) is 0 Å². The molecule has 6 heteroatoms. The molecule has 2 aromatic carbocycles. The summed E-state index contributed by atoms with van der Waals surface area (Å²) in [6.45, 7) is 7.48. The van der Waals surface area contributed by atoms with Gasteiger partial charge in [-0.25, -0.2) is 4.79 Å². The summed E-state index contributed by atoms with van der Waals surface area (Å²) in [5, 5.41) is 2.28. The molecule has 4 rings (SSSR count). The van der Waals surface area contributed by atoms with Crippen molar-refractivity contribution in [3.05, 3.63) is 48.0 Å². The number of amides is 3. The summed E-state index contributed by atoms with van der Waals surface area (Å²) in [6.07, 6.45) is 2.11. The highest BCUT2D eigenvalue weighted by atomic mass is 16.5. The molecule has 0 atom stereocenters. The van der Waals surface area contributed by atoms with Crippen LogP contribution in [-0.2, 0) is 16.1 Å². The maximum atomic E-state index is 13.7. The first kappa shape index (κ1) is 21.8. The summed E-state index contributed by atoms with van der Waals surface area (Å²) in [4.78, 5) is 32.8. The molecule has 2 aliphatic heterocycles. The van der Waals surface area contributed by atoms with Gasteiger partial charge in [0, 0.05) is 39.4 Å². The number of piperidine rings is 1. The van der Waals surface area contributed by atoms with E-state index in [1.165, 1.54) is 4.90 Å². The van der Waals surface area contributed by atoms with Crippen molar-refractivity contribution in [2.45, 2.75) is 51.2 Å². The Morgan fingerprint density at radius 2 is 1.74 bits per heavy atom. The van der Waals surface area contributed by atoms with Crippen LogP contribution in [0.5, 0.6) is 0 Å². The van der Waals surface area contributed by atoms with E-state index in [2.05, 4.69) is 43.0 Å². The molecule has 3 amide bonds. The lowest BCUT2D eigenvalue weighted by Crippen LogP contribution is -2.57. The number of hydrogen-bond donors (Lipinski definition) is 0. The van der Waals surface area contributed by atoms with Gasteiger partial charge >= 0.3 is 6.03 Å². The molecule has 2 heterocycles. The molecular weight excluding hydrogens is 390 g/mol. The molecule has 0 aliphatic carbocycles. The SMILES string of the molecule is COCCCN1C(=O)N(Cc2ccc3ccccc3c2)C(=O)C12CCN(C(C)C)CC2. The maximum Gasteiger partial charge on any atom is 0.327 e. The van der Waals surface area contributed by atoms with Crippen LogP contribution in [0.15, 0.2) is 42.5 Å². The number of rotatable bonds is 7. The number of fused-ring (bicyclic) bond motifs is 1. The fourth-order valence-electron chi connectivity index (χ4n) is 5.01. The monoisotopic (exact) mass is 423 g/mol. The zero-order chi connectivity index (χ0) is 22.0. The van der Waals surface area contributed by atoms with Gasteiger partial charge in [0.2, 0.25) is 0 Å². The molecule has 0 N–H and O–H groups in total. The van der Waals surface area contributed by atoms with Crippen LogP contribution in [-0.4, -0.2) is 71.6 Å². The van der Waals surface area contributed by atoms with Gasteiger partial charge in [-0.05, 0) is 55.5 Å². The van der Waals surface area contributed by atoms with Crippen molar-refractivity contribution < 1.29 is 14.3 Å². The first-order valence-electron chi connectivity index (χ1n) is 11.3. The molecule has 0 bridgehead atoms. The second kappa shape index (κ2) is 8.97. The predicted molar refractivity (Wildman–Crippen MR) is 122 cm³/mol. The van der Waals surface area contributed by atoms with E-state index in [4.69, 9.17) is 4.74 Å². The summed E-state index contributed by atoms with van der Waals surface area (Å²) in [5.74, 6) is -0.0357. The van der Waals surface area contributed by atoms with Crippen LogP contribution in [0, 0.1) is 0 Å². The zero-order valence-electron chi connectivity index (χ0n) is 18.8. The minimum atomic E-state index is -0.715. The number of carbonyl (C=O) groups excluding carboxylic acids is 2. The fourth-order valence-corrected chi connectivity index (χ4v) is 5.01. The minimum absolute atomic E-state index is 0.0357. The van der Waals surface area contributed by atoms with Crippen molar-refractivity contribution in [1.82, 2.24) is 14.7 Å². The molecule has 0 radical (unpaired) electrons. The fraction of sp³-hybridized carbons (Fsp3) is 0.520. The average molecular weight is 424 g/mol. The van der Waals surface area contributed by atoms with Crippen molar-refractivity contribution >= 4 is 22.7 Å². The lowest BCUT2D eigenvalue weighted by molar-refractivity contribution is -0.136. The molecule has 2 aromatic rings. The highest BCUT2D eigenvalue weighted by Gasteiger charge is 2.57. The first-order chi connectivity index (χ1) is 15.0. The Morgan fingerprint density at radius 3 is 2.42 bits per heavy atom. The number of likely N-dealkylation sites (tertiary alicyclic amines) is 1. The highest BCUT2D eigenvalue weighted by Crippen LogP contribution is 2.38. The van der Waals surface area contributed by atoms with Gasteiger partial charge in [0.05, 0.1) is 6.54 Å². The third kappa shape index (κ3) is 4.06. The quantitative estimate of drug-likeness (QED) is 0.501. The molecule has 0 unspecified atom stereocenters. The van der Waals surface area contributed by atoms with Crippen LogP contribution in [0.2, 0.25) is 0 Å². The van der Waals surface area contributed by atoms with Gasteiger partial charge < -0.3 is 14.5 Å². The summed E-state index contributed by atoms with van der Waals surface area (Å²) in [6, 6.07) is 14.6. The number of imide groups is 1. The second-order valence-corrected chi connectivity index (χ2v) is 9.01. The Morgan fingerprint density at radius 1 is 1.03 bits per heavy atom. The van der Waals surface area contributed by atoms with E-state index < -0.39 is 5.54 Å². The standard InChI is InChI=1S/C25H33N3O3/c1-19(2)26-14-11-25(12-15-26)23(29)27(24(30)28(25)13-6-16-31-3)18-20-9-10-21-7-4-5-8-22(21)17-20/h4-5,7-10,17,19H,6,11-16,18H2,1-3H3. The molecule has 31 heavy (non-hydrogen) atoms. The topological polar surface area (TPSA) is 53.1 Å². The molecule has 0 aromatic heterocycles. The van der Waals surface area contributed by atoms with Gasteiger partial charge in [0.1, 0.15) is 5.54 Å². The second-order valence-electron chi connectivity index (χ2n) is 9.01. The van der Waals surface area contributed by atoms with E-state index in [1.54, 1.807) is 7.11 Å². The molecule has 6 nitrogen and oxygen atoms in total. The van der Waals surface area contributed by atoms with E-state index in [1.807, 2.05) is 23.1 Å². The Hall–Kier alpha value is -2.44. The Kier molecular flexibility index (Phi) is 6.30. The van der Waals surface area contributed by atoms with E-state index >= 15 is 0 Å². The van der Waals surface area contributed by atoms with E-state index in [-0.39, 0.29) is 11.9 Å². The van der Waals surface area contributed by atoms with E-state index in [0.717, 1.165) is 35.8 Å². The van der Waals surface area contributed by atoms with Crippen molar-refractivity contribution in [1.29, 1.82) is 0 Å². The Labute approximate surface area is 184 Å². The number of hydrogen-bond acceptors (Lipinski definition) is 4. The first-order valence-corrected chi connectivity index (χ1v) is 11.3. The van der Waals surface area contributed by atoms with Crippen LogP contribution in [0.3, 0.4) is 0 Å². The van der Waals surface area contributed by atoms with Crippen LogP contribution >= 0.6 is 0 Å². The van der Waals surface area contributed by atoms with E-state index in [9.17, 15) is 9.59 Å². The third-order valence-electron chi connectivity index (χ3n) is 6.86. The minimum Gasteiger partial charge on any atom is -0.385 e. The van der Waals surface area contributed by atoms with Gasteiger partial charge in [0.15, 0.2) is 0 Å². The number of carbonyl (C=O) groups is 2. The summed E-state index contributed by atoms with van der Waals surface area (Å²) in [7, 11) is 1.67. The van der Waals surface area contributed by atoms with Crippen molar-refractivity contribution in [2.24, 2.45) is 0 Å². The van der Waals surface area contributed by atoms with Gasteiger partial charge in [-0.3, -0.25) is 9.69 Å². The van der Waals surface area contributed by atoms with Gasteiger partial charge in [0.25, 0.3) is 5.91 Å². The normalized spacial score (nSPS) is 19.4. The largest absolute Gasteiger partial charge is 0.385 e. The highest BCUT2D eigenvalue weighted by molar-refractivity contribution is 6.07. The molecule has 0 saturated carbocycles. The molecule has 166 valence electrons. The smallest absolute Gasteiger partial charge is 0.327 e. The molecule has 2 saturated heterocycles. The molecular formula is C25H33N3O3. The van der Waals surface area contributed by atoms with Crippen LogP contribution in [0.4, 0.5) is 4.79 Å². The molecule has 2 aliphatic rings. The number of methoxy groups -OCH3 is 1. The summed E-state index contributed by atoms with van der Waals surface area (Å²) in [5.41, 5.74) is 0.265. The molecule has 1 spiro atoms. The number of benzene rings is 2. The average Bonchev–Trinajstić information content (AvgIpc) is 2.96. The Balaban J connectivity index is 1.59. The number of nitrogens with zero attached hydrogens (tertiary/aromatic N) is 3. The number of ether oxygens (including phenoxy) is 1. The van der Waals surface area contributed by atoms with Crippen LogP contribution in [0.1, 0.15) is 38.7 Å². The number of urea groups is 1. The summed E-state index contributed by atoms with van der Waals surface area (Å²) >= 11 is 0. The van der Waals surface area contributed by atoms with Crippen LogP contribution < -0.4 is 0 Å². The van der Waals surface area contributed by atoms with E-state index in [0.29, 0.717) is 38.6 Å². The maximum absolute atomic E-state index is 13.7. The lowest BCUT2D eigenvalue weighted by atomic mass is 9.85. The van der Waals surface area contributed by atoms with Crippen LogP contribution in [0.25, 0.3) is 10.8 Å². The van der Waals surface area contributed by atoms with Gasteiger partial charge in [-0.1, -0.05) is 36.4 Å². The predicted octanol–water partition coefficient (Wildman–Crippen LogP) is 3.88. The Bertz CT molecular complexity index is 950. The molecule has 2 fully saturated rings. The van der Waals surface area contributed by atoms with Crippen molar-refractivity contribution in [3.63, 3.8) is 0 Å². The lowest BCUT2D eigenvalue weighted by Gasteiger charge is -2.43. The van der Waals surface area contributed by atoms with Crippen molar-refractivity contribution in [3.8, 4) is 0 Å². The summed E-state index contributed by atoms with van der Waals surface area (Å²) < 4.78 is 5.21. The van der Waals surface area contributed by atoms with Crippen molar-refractivity contribution in [2.75, 3.05) is 33.4 Å². The zero-order valence-corrected chi connectivity index (χ0v) is 18.8. The van der Waals surface area contributed by atoms with Gasteiger partial charge in [-0.15, -0.1) is 0 Å². The third-order valence-corrected chi connectivity index (χ3v) is 6.86.